The lowest BCUT2D eigenvalue weighted by molar-refractivity contribution is 0.0228. The maximum atomic E-state index is 12.3. The lowest BCUT2D eigenvalue weighted by Gasteiger charge is -2.27. The molecular weight excluding hydrogens is 254 g/mol. The van der Waals surface area contributed by atoms with Gasteiger partial charge in [0.15, 0.2) is 0 Å². The van der Waals surface area contributed by atoms with Gasteiger partial charge in [-0.2, -0.15) is 0 Å². The molecule has 0 radical (unpaired) electrons. The number of epoxide rings is 1. The first-order valence-corrected chi connectivity index (χ1v) is 7.07. The van der Waals surface area contributed by atoms with Gasteiger partial charge in [-0.15, -0.1) is 0 Å². The quantitative estimate of drug-likeness (QED) is 0.776. The summed E-state index contributed by atoms with van der Waals surface area (Å²) in [5.74, 6) is 0. The minimum absolute atomic E-state index is 0.262. The number of hydrogen-bond acceptors (Lipinski definition) is 3. The van der Waals surface area contributed by atoms with Crippen molar-refractivity contribution in [3.63, 3.8) is 0 Å². The van der Waals surface area contributed by atoms with Crippen molar-refractivity contribution in [3.8, 4) is 0 Å². The van der Waals surface area contributed by atoms with Gasteiger partial charge in [-0.1, -0.05) is 30.3 Å². The smallest absolute Gasteiger partial charge is 0.410 e. The summed E-state index contributed by atoms with van der Waals surface area (Å²) in [4.78, 5) is 14.0. The predicted octanol–water partition coefficient (Wildman–Crippen LogP) is 3.21. The van der Waals surface area contributed by atoms with E-state index in [1.807, 2.05) is 51.1 Å². The zero-order chi connectivity index (χ0) is 14.6. The number of nitrogens with zero attached hydrogens (tertiary/aromatic N) is 1. The highest BCUT2D eigenvalue weighted by atomic mass is 16.6. The third kappa shape index (κ3) is 5.21. The molecule has 0 unspecified atom stereocenters. The first kappa shape index (κ1) is 14.9. The molecule has 1 amide bonds. The summed E-state index contributed by atoms with van der Waals surface area (Å²) in [6.07, 6.45) is 0.921. The maximum absolute atomic E-state index is 12.3. The van der Waals surface area contributed by atoms with Crippen molar-refractivity contribution in [3.05, 3.63) is 35.9 Å². The van der Waals surface area contributed by atoms with Gasteiger partial charge in [-0.25, -0.2) is 4.79 Å². The Bertz CT molecular complexity index is 435. The fourth-order valence-electron chi connectivity index (χ4n) is 1.90. The van der Waals surface area contributed by atoms with Crippen molar-refractivity contribution < 1.29 is 14.3 Å². The van der Waals surface area contributed by atoms with Gasteiger partial charge in [0.25, 0.3) is 0 Å². The fourth-order valence-corrected chi connectivity index (χ4v) is 1.90. The van der Waals surface area contributed by atoms with Crippen LogP contribution in [0.4, 0.5) is 4.79 Å². The molecule has 1 saturated heterocycles. The van der Waals surface area contributed by atoms with E-state index in [0.29, 0.717) is 19.2 Å². The summed E-state index contributed by atoms with van der Waals surface area (Å²) >= 11 is 0. The van der Waals surface area contributed by atoms with E-state index in [2.05, 4.69) is 0 Å². The Morgan fingerprint density at radius 2 is 2.00 bits per heavy atom. The van der Waals surface area contributed by atoms with Gasteiger partial charge in [0.05, 0.1) is 12.7 Å². The molecule has 1 fully saturated rings. The number of ether oxygens (including phenoxy) is 2. The SMILES string of the molecule is CC(C)(C)OC(=O)N(CC[C@@H]1CO1)Cc1ccccc1. The third-order valence-electron chi connectivity index (χ3n) is 2.99. The molecule has 0 spiro atoms. The number of carbonyl (C=O) groups is 1. The van der Waals surface area contributed by atoms with Crippen LogP contribution in [0.2, 0.25) is 0 Å². The van der Waals surface area contributed by atoms with Crippen molar-refractivity contribution in [2.45, 2.75) is 45.4 Å². The van der Waals surface area contributed by atoms with E-state index in [-0.39, 0.29) is 6.09 Å². The van der Waals surface area contributed by atoms with Crippen LogP contribution in [0.25, 0.3) is 0 Å². The van der Waals surface area contributed by atoms with E-state index in [4.69, 9.17) is 9.47 Å². The third-order valence-corrected chi connectivity index (χ3v) is 2.99. The molecular formula is C16H23NO3. The maximum Gasteiger partial charge on any atom is 0.410 e. The van der Waals surface area contributed by atoms with Crippen molar-refractivity contribution in [1.29, 1.82) is 0 Å². The molecule has 2 rings (SSSR count). The van der Waals surface area contributed by atoms with Crippen LogP contribution in [0, 0.1) is 0 Å². The molecule has 1 aliphatic heterocycles. The van der Waals surface area contributed by atoms with E-state index < -0.39 is 5.60 Å². The second kappa shape index (κ2) is 6.27. The molecule has 0 bridgehead atoms. The highest BCUT2D eigenvalue weighted by molar-refractivity contribution is 5.68. The van der Waals surface area contributed by atoms with Crippen LogP contribution in [0.1, 0.15) is 32.8 Å². The number of amides is 1. The normalized spacial score (nSPS) is 17.6. The Balaban J connectivity index is 1.97. The topological polar surface area (TPSA) is 42.1 Å². The van der Waals surface area contributed by atoms with E-state index in [0.717, 1.165) is 18.6 Å². The molecule has 1 aromatic rings. The molecule has 1 atom stereocenters. The van der Waals surface area contributed by atoms with Gasteiger partial charge in [0, 0.05) is 13.1 Å². The Morgan fingerprint density at radius 1 is 1.35 bits per heavy atom. The second-order valence-corrected chi connectivity index (χ2v) is 6.13. The second-order valence-electron chi connectivity index (χ2n) is 6.13. The summed E-state index contributed by atoms with van der Waals surface area (Å²) in [5.41, 5.74) is 0.636. The predicted molar refractivity (Wildman–Crippen MR) is 77.4 cm³/mol. The molecule has 0 saturated carbocycles. The minimum atomic E-state index is -0.470. The molecule has 4 nitrogen and oxygen atoms in total. The molecule has 1 heterocycles. The van der Waals surface area contributed by atoms with Crippen LogP contribution in [-0.2, 0) is 16.0 Å². The van der Waals surface area contributed by atoms with Crippen LogP contribution in [0.5, 0.6) is 0 Å². The lowest BCUT2D eigenvalue weighted by Crippen LogP contribution is -2.37. The fraction of sp³-hybridized carbons (Fsp3) is 0.562. The first-order chi connectivity index (χ1) is 9.44. The average Bonchev–Trinajstić information content (AvgIpc) is 3.17. The molecule has 4 heteroatoms. The summed E-state index contributed by atoms with van der Waals surface area (Å²) < 4.78 is 10.7. The van der Waals surface area contributed by atoms with Crippen molar-refractivity contribution in [2.75, 3.05) is 13.2 Å². The van der Waals surface area contributed by atoms with Crippen molar-refractivity contribution in [2.24, 2.45) is 0 Å². The van der Waals surface area contributed by atoms with Gasteiger partial charge >= 0.3 is 6.09 Å². The van der Waals surface area contributed by atoms with E-state index in [9.17, 15) is 4.79 Å². The largest absolute Gasteiger partial charge is 0.444 e. The van der Waals surface area contributed by atoms with E-state index in [1.165, 1.54) is 0 Å². The van der Waals surface area contributed by atoms with Crippen LogP contribution < -0.4 is 0 Å². The molecule has 0 aromatic heterocycles. The van der Waals surface area contributed by atoms with Gasteiger partial charge in [-0.05, 0) is 32.8 Å². The van der Waals surface area contributed by atoms with Crippen molar-refractivity contribution in [1.82, 2.24) is 4.90 Å². The van der Waals surface area contributed by atoms with E-state index >= 15 is 0 Å². The van der Waals surface area contributed by atoms with Gasteiger partial charge in [0.2, 0.25) is 0 Å². The molecule has 1 aliphatic rings. The highest BCUT2D eigenvalue weighted by Gasteiger charge is 2.27. The summed E-state index contributed by atoms with van der Waals surface area (Å²) in [6, 6.07) is 9.97. The van der Waals surface area contributed by atoms with E-state index in [1.54, 1.807) is 4.90 Å². The van der Waals surface area contributed by atoms with Gasteiger partial charge < -0.3 is 14.4 Å². The zero-order valence-electron chi connectivity index (χ0n) is 12.5. The Labute approximate surface area is 120 Å². The highest BCUT2D eigenvalue weighted by Crippen LogP contribution is 2.17. The molecule has 110 valence electrons. The van der Waals surface area contributed by atoms with Crippen LogP contribution in [-0.4, -0.2) is 35.8 Å². The number of carbonyl (C=O) groups excluding carboxylic acids is 1. The first-order valence-electron chi connectivity index (χ1n) is 7.07. The monoisotopic (exact) mass is 277 g/mol. The van der Waals surface area contributed by atoms with Crippen LogP contribution in [0.15, 0.2) is 30.3 Å². The summed E-state index contributed by atoms with van der Waals surface area (Å²) in [6.45, 7) is 7.70. The molecule has 20 heavy (non-hydrogen) atoms. The van der Waals surface area contributed by atoms with Gasteiger partial charge in [0.1, 0.15) is 5.60 Å². The summed E-state index contributed by atoms with van der Waals surface area (Å²) in [7, 11) is 0. The number of benzene rings is 1. The van der Waals surface area contributed by atoms with Crippen LogP contribution in [0.3, 0.4) is 0 Å². The Kier molecular flexibility index (Phi) is 4.65. The summed E-state index contributed by atoms with van der Waals surface area (Å²) in [5, 5.41) is 0. The standard InChI is InChI=1S/C16H23NO3/c1-16(2,3)20-15(18)17(10-9-14-12-19-14)11-13-7-5-4-6-8-13/h4-8,14H,9-12H2,1-3H3/t14-/m1/s1. The number of hydrogen-bond donors (Lipinski definition) is 0. The van der Waals surface area contributed by atoms with Crippen molar-refractivity contribution >= 4 is 6.09 Å². The lowest BCUT2D eigenvalue weighted by atomic mass is 10.2. The minimum Gasteiger partial charge on any atom is -0.444 e. The molecule has 0 N–H and O–H groups in total. The Hall–Kier alpha value is -1.55. The van der Waals surface area contributed by atoms with Gasteiger partial charge in [-0.3, -0.25) is 0 Å². The zero-order valence-corrected chi connectivity index (χ0v) is 12.5. The molecule has 0 aliphatic carbocycles. The van der Waals surface area contributed by atoms with Crippen LogP contribution >= 0.6 is 0 Å². The Morgan fingerprint density at radius 3 is 2.55 bits per heavy atom. The number of rotatable bonds is 5. The molecule has 1 aromatic carbocycles. The average molecular weight is 277 g/mol.